The summed E-state index contributed by atoms with van der Waals surface area (Å²) in [5.41, 5.74) is 0.608. The number of likely N-dealkylation sites (tertiary alicyclic amines) is 1. The van der Waals surface area contributed by atoms with E-state index in [4.69, 9.17) is 4.74 Å². The fourth-order valence-electron chi connectivity index (χ4n) is 3.28. The number of nitrogens with one attached hydrogen (secondary N) is 1. The van der Waals surface area contributed by atoms with Crippen molar-refractivity contribution < 1.29 is 9.53 Å². The molecule has 1 fully saturated rings. The van der Waals surface area contributed by atoms with E-state index in [0.717, 1.165) is 26.1 Å². The van der Waals surface area contributed by atoms with E-state index in [9.17, 15) is 4.79 Å². The number of carbonyl (C=O) groups is 1. The molecule has 0 saturated carbocycles. The van der Waals surface area contributed by atoms with Crippen LogP contribution < -0.4 is 10.1 Å². The van der Waals surface area contributed by atoms with Gasteiger partial charge in [0, 0.05) is 30.1 Å². The van der Waals surface area contributed by atoms with Gasteiger partial charge in [-0.1, -0.05) is 12.1 Å². The van der Waals surface area contributed by atoms with E-state index in [0.29, 0.717) is 23.8 Å². The number of hydrogen-bond acceptors (Lipinski definition) is 5. The van der Waals surface area contributed by atoms with E-state index in [-0.39, 0.29) is 11.9 Å². The molecular weight excluding hydrogens is 346 g/mol. The van der Waals surface area contributed by atoms with Gasteiger partial charge in [-0.05, 0) is 45.4 Å². The topological polar surface area (TPSA) is 54.5 Å². The number of aromatic nitrogens is 1. The van der Waals surface area contributed by atoms with Crippen molar-refractivity contribution in [2.75, 3.05) is 19.7 Å². The highest BCUT2D eigenvalue weighted by atomic mass is 32.1. The molecule has 5 nitrogen and oxygen atoms in total. The first-order chi connectivity index (χ1) is 12.6. The zero-order chi connectivity index (χ0) is 18.4. The predicted octanol–water partition coefficient (Wildman–Crippen LogP) is 3.57. The van der Waals surface area contributed by atoms with Gasteiger partial charge >= 0.3 is 0 Å². The number of thiazole rings is 1. The molecule has 1 aliphatic heterocycles. The summed E-state index contributed by atoms with van der Waals surface area (Å²) in [5, 5.41) is 6.13. The highest BCUT2D eigenvalue weighted by Crippen LogP contribution is 2.23. The minimum absolute atomic E-state index is 0.0790. The molecule has 2 heterocycles. The molecule has 1 saturated heterocycles. The van der Waals surface area contributed by atoms with E-state index in [1.807, 2.05) is 49.7 Å². The zero-order valence-electron chi connectivity index (χ0n) is 15.5. The van der Waals surface area contributed by atoms with Crippen LogP contribution in [0.3, 0.4) is 0 Å². The van der Waals surface area contributed by atoms with Crippen LogP contribution in [0.2, 0.25) is 0 Å². The van der Waals surface area contributed by atoms with E-state index < -0.39 is 0 Å². The van der Waals surface area contributed by atoms with Crippen molar-refractivity contribution in [1.82, 2.24) is 15.2 Å². The minimum Gasteiger partial charge on any atom is -0.492 e. The summed E-state index contributed by atoms with van der Waals surface area (Å²) in [6, 6.07) is 7.59. The molecule has 0 bridgehead atoms. The summed E-state index contributed by atoms with van der Waals surface area (Å²) >= 11 is 1.71. The van der Waals surface area contributed by atoms with Crippen LogP contribution in [0.4, 0.5) is 0 Å². The van der Waals surface area contributed by atoms with Crippen molar-refractivity contribution in [2.24, 2.45) is 5.92 Å². The molecule has 6 heteroatoms. The maximum atomic E-state index is 12.4. The standard InChI is InChI=1S/C20H27N3O2S/c1-15(2)22-20(24)17-7-3-4-8-18(17)25-14-16-6-5-10-23(12-16)13-19-21-9-11-26-19/h3-4,7-9,11,15-16H,5-6,10,12-14H2,1-2H3,(H,22,24). The molecule has 140 valence electrons. The summed E-state index contributed by atoms with van der Waals surface area (Å²) in [4.78, 5) is 19.2. The lowest BCUT2D eigenvalue weighted by molar-refractivity contribution is 0.0932. The molecule has 1 aromatic heterocycles. The van der Waals surface area contributed by atoms with Gasteiger partial charge in [-0.15, -0.1) is 11.3 Å². The Balaban J connectivity index is 1.56. The van der Waals surface area contributed by atoms with Crippen molar-refractivity contribution in [3.8, 4) is 5.75 Å². The van der Waals surface area contributed by atoms with E-state index in [2.05, 4.69) is 15.2 Å². The number of ether oxygens (including phenoxy) is 1. The van der Waals surface area contributed by atoms with Crippen LogP contribution >= 0.6 is 11.3 Å². The monoisotopic (exact) mass is 373 g/mol. The lowest BCUT2D eigenvalue weighted by Gasteiger charge is -2.32. The third-order valence-electron chi connectivity index (χ3n) is 4.47. The zero-order valence-corrected chi connectivity index (χ0v) is 16.3. The molecule has 0 radical (unpaired) electrons. The van der Waals surface area contributed by atoms with Crippen LogP contribution in [0.15, 0.2) is 35.8 Å². The second-order valence-corrected chi connectivity index (χ2v) is 8.08. The molecule has 26 heavy (non-hydrogen) atoms. The van der Waals surface area contributed by atoms with Gasteiger partial charge in [0.25, 0.3) is 5.91 Å². The van der Waals surface area contributed by atoms with Crippen LogP contribution in [-0.4, -0.2) is 41.5 Å². The van der Waals surface area contributed by atoms with Crippen LogP contribution in [0.5, 0.6) is 5.75 Å². The van der Waals surface area contributed by atoms with E-state index >= 15 is 0 Å². The number of rotatable bonds is 7. The minimum atomic E-state index is -0.0790. The van der Waals surface area contributed by atoms with Crippen molar-refractivity contribution in [1.29, 1.82) is 0 Å². The Morgan fingerprint density at radius 1 is 1.42 bits per heavy atom. The molecule has 2 aromatic rings. The van der Waals surface area contributed by atoms with Crippen molar-refractivity contribution >= 4 is 17.2 Å². The second-order valence-electron chi connectivity index (χ2n) is 7.10. The first-order valence-corrected chi connectivity index (χ1v) is 10.1. The Bertz CT molecular complexity index is 703. The predicted molar refractivity (Wildman–Crippen MR) is 105 cm³/mol. The van der Waals surface area contributed by atoms with Gasteiger partial charge in [0.15, 0.2) is 0 Å². The highest BCUT2D eigenvalue weighted by Gasteiger charge is 2.22. The molecular formula is C20H27N3O2S. The van der Waals surface area contributed by atoms with E-state index in [1.165, 1.54) is 11.4 Å². The summed E-state index contributed by atoms with van der Waals surface area (Å²) in [5.74, 6) is 1.07. The van der Waals surface area contributed by atoms with Gasteiger partial charge in [-0.3, -0.25) is 9.69 Å². The van der Waals surface area contributed by atoms with Crippen LogP contribution in [0.1, 0.15) is 42.1 Å². The second kappa shape index (κ2) is 9.14. The molecule has 3 rings (SSSR count). The van der Waals surface area contributed by atoms with Crippen molar-refractivity contribution in [3.63, 3.8) is 0 Å². The van der Waals surface area contributed by atoms with E-state index in [1.54, 1.807) is 11.3 Å². The van der Waals surface area contributed by atoms with Gasteiger partial charge in [0.2, 0.25) is 0 Å². The third kappa shape index (κ3) is 5.29. The average Bonchev–Trinajstić information content (AvgIpc) is 3.13. The van der Waals surface area contributed by atoms with Gasteiger partial charge in [0.05, 0.1) is 18.7 Å². The lowest BCUT2D eigenvalue weighted by atomic mass is 9.99. The van der Waals surface area contributed by atoms with Gasteiger partial charge < -0.3 is 10.1 Å². The highest BCUT2D eigenvalue weighted by molar-refractivity contribution is 7.09. The van der Waals surface area contributed by atoms with Crippen molar-refractivity contribution in [2.45, 2.75) is 39.3 Å². The van der Waals surface area contributed by atoms with Crippen LogP contribution in [0, 0.1) is 5.92 Å². The Labute approximate surface area is 159 Å². The summed E-state index contributed by atoms with van der Waals surface area (Å²) < 4.78 is 6.06. The third-order valence-corrected chi connectivity index (χ3v) is 5.24. The number of carbonyl (C=O) groups excluding carboxylic acids is 1. The molecule has 1 amide bonds. The molecule has 0 spiro atoms. The number of para-hydroxylation sites is 1. The molecule has 1 unspecified atom stereocenters. The smallest absolute Gasteiger partial charge is 0.255 e. The maximum Gasteiger partial charge on any atom is 0.255 e. The molecule has 1 atom stereocenters. The molecule has 1 aromatic carbocycles. The maximum absolute atomic E-state index is 12.4. The number of amides is 1. The largest absolute Gasteiger partial charge is 0.492 e. The molecule has 0 aliphatic carbocycles. The van der Waals surface area contributed by atoms with Crippen LogP contribution in [-0.2, 0) is 6.54 Å². The van der Waals surface area contributed by atoms with Crippen LogP contribution in [0.25, 0.3) is 0 Å². The Morgan fingerprint density at radius 2 is 2.27 bits per heavy atom. The summed E-state index contributed by atoms with van der Waals surface area (Å²) in [7, 11) is 0. The summed E-state index contributed by atoms with van der Waals surface area (Å²) in [6.45, 7) is 7.60. The number of piperidine rings is 1. The van der Waals surface area contributed by atoms with Crippen molar-refractivity contribution in [3.05, 3.63) is 46.4 Å². The Hall–Kier alpha value is -1.92. The fraction of sp³-hybridized carbons (Fsp3) is 0.500. The first kappa shape index (κ1) is 18.9. The summed E-state index contributed by atoms with van der Waals surface area (Å²) in [6.07, 6.45) is 4.20. The Kier molecular flexibility index (Phi) is 6.63. The van der Waals surface area contributed by atoms with Gasteiger partial charge in [-0.25, -0.2) is 4.98 Å². The molecule has 1 aliphatic rings. The van der Waals surface area contributed by atoms with Gasteiger partial charge in [-0.2, -0.15) is 0 Å². The quantitative estimate of drug-likeness (QED) is 0.806. The Morgan fingerprint density at radius 3 is 3.04 bits per heavy atom. The number of nitrogens with zero attached hydrogens (tertiary/aromatic N) is 2. The van der Waals surface area contributed by atoms with Gasteiger partial charge in [0.1, 0.15) is 10.8 Å². The fourth-order valence-corrected chi connectivity index (χ4v) is 3.94. The SMILES string of the molecule is CC(C)NC(=O)c1ccccc1OCC1CCCN(Cc2nccs2)C1. The molecule has 1 N–H and O–H groups in total. The first-order valence-electron chi connectivity index (χ1n) is 9.25. The average molecular weight is 374 g/mol. The normalized spacial score (nSPS) is 18.0. The number of hydrogen-bond donors (Lipinski definition) is 1. The number of benzene rings is 1. The lowest BCUT2D eigenvalue weighted by Crippen LogP contribution is -2.37.